The Morgan fingerprint density at radius 3 is 2.41 bits per heavy atom. The Labute approximate surface area is 165 Å². The number of hydrogen-bond donors (Lipinski definition) is 1. The van der Waals surface area contributed by atoms with E-state index >= 15 is 0 Å². The van der Waals surface area contributed by atoms with Crippen LogP contribution in [0.5, 0.6) is 5.75 Å². The van der Waals surface area contributed by atoms with E-state index in [1.807, 2.05) is 12.1 Å². The minimum absolute atomic E-state index is 0. The van der Waals surface area contributed by atoms with Gasteiger partial charge in [-0.15, -0.1) is 0 Å². The molecular weight excluding hydrogens is 368 g/mol. The highest BCUT2D eigenvalue weighted by atomic mass is 35.5. The van der Waals surface area contributed by atoms with Gasteiger partial charge in [-0.25, -0.2) is 0 Å². The molecule has 0 atom stereocenters. The minimum atomic E-state index is 0. The van der Waals surface area contributed by atoms with Crippen molar-refractivity contribution in [2.75, 3.05) is 47.3 Å². The molecule has 2 heterocycles. The zero-order valence-electron chi connectivity index (χ0n) is 16.1. The zero-order chi connectivity index (χ0) is 18.4. The molecule has 2 aromatic heterocycles. The number of H-pyrrole nitrogens is 1. The number of hydrogen-bond acceptors (Lipinski definition) is 4. The normalized spacial score (nSPS) is 11.1. The number of nitrogens with zero attached hydrogens (tertiary/aromatic N) is 1. The maximum absolute atomic E-state index is 5.68. The fourth-order valence-corrected chi connectivity index (χ4v) is 3.13. The molecule has 0 amide bonds. The average molecular weight is 395 g/mol. The van der Waals surface area contributed by atoms with Crippen LogP contribution >= 0.6 is 0 Å². The molecule has 3 aromatic rings. The van der Waals surface area contributed by atoms with Crippen LogP contribution in [0.3, 0.4) is 0 Å². The molecule has 6 nitrogen and oxygen atoms in total. The molecule has 0 fully saturated rings. The van der Waals surface area contributed by atoms with E-state index in [0.717, 1.165) is 34.4 Å². The second-order valence-electron chi connectivity index (χ2n) is 6.11. The molecule has 148 valence electrons. The molecule has 7 heteroatoms. The first-order valence-corrected chi connectivity index (χ1v) is 8.88. The van der Waals surface area contributed by atoms with Crippen molar-refractivity contribution >= 4 is 21.8 Å². The van der Waals surface area contributed by atoms with E-state index in [0.29, 0.717) is 33.0 Å². The van der Waals surface area contributed by atoms with Crippen LogP contribution in [0.15, 0.2) is 30.5 Å². The number of methoxy groups -OCH3 is 2. The summed E-state index contributed by atoms with van der Waals surface area (Å²) in [6, 6.07) is 8.29. The van der Waals surface area contributed by atoms with Crippen LogP contribution in [-0.2, 0) is 20.8 Å². The lowest BCUT2D eigenvalue weighted by Gasteiger charge is -2.07. The number of benzene rings is 1. The lowest BCUT2D eigenvalue weighted by atomic mass is 10.1. The number of aryl methyl sites for hydroxylation is 1. The van der Waals surface area contributed by atoms with Gasteiger partial charge in [0, 0.05) is 24.9 Å². The van der Waals surface area contributed by atoms with Crippen LogP contribution in [0.25, 0.3) is 21.8 Å². The first-order valence-electron chi connectivity index (χ1n) is 8.88. The summed E-state index contributed by atoms with van der Waals surface area (Å²) in [4.78, 5) is 3.52. The Hall–Kier alpha value is -1.86. The number of nitrogens with one attached hydrogen (secondary N) is 1. The van der Waals surface area contributed by atoms with Crippen molar-refractivity contribution in [1.29, 1.82) is 0 Å². The molecule has 3 rings (SSSR count). The SMILES string of the molecule is COCCOCCOCC[n+]1cc(OC)c2c([nH]c3ccccc32)c1C.[Cl-]. The number of halogens is 1. The Morgan fingerprint density at radius 2 is 1.67 bits per heavy atom. The predicted octanol–water partition coefficient (Wildman–Crippen LogP) is -0.391. The lowest BCUT2D eigenvalue weighted by molar-refractivity contribution is -0.703. The van der Waals surface area contributed by atoms with Gasteiger partial charge in [0.15, 0.2) is 12.3 Å². The van der Waals surface area contributed by atoms with Crippen LogP contribution in [0.1, 0.15) is 5.69 Å². The summed E-state index contributed by atoms with van der Waals surface area (Å²) in [5, 5.41) is 2.31. The first-order chi connectivity index (χ1) is 12.8. The van der Waals surface area contributed by atoms with Crippen molar-refractivity contribution in [3.05, 3.63) is 36.2 Å². The molecule has 0 spiro atoms. The highest BCUT2D eigenvalue weighted by molar-refractivity contribution is 6.10. The zero-order valence-corrected chi connectivity index (χ0v) is 16.8. The molecule has 0 radical (unpaired) electrons. The molecule has 0 saturated heterocycles. The van der Waals surface area contributed by atoms with Gasteiger partial charge in [0.05, 0.1) is 38.9 Å². The number of ether oxygens (including phenoxy) is 4. The monoisotopic (exact) mass is 394 g/mol. The molecule has 0 aliphatic rings. The number of pyridine rings is 1. The van der Waals surface area contributed by atoms with Gasteiger partial charge in [0.25, 0.3) is 0 Å². The molecule has 0 unspecified atom stereocenters. The number of fused-ring (bicyclic) bond motifs is 3. The van der Waals surface area contributed by atoms with Gasteiger partial charge in [-0.2, -0.15) is 4.57 Å². The van der Waals surface area contributed by atoms with Gasteiger partial charge >= 0.3 is 0 Å². The third kappa shape index (κ3) is 4.90. The maximum Gasteiger partial charge on any atom is 0.212 e. The number of rotatable bonds is 10. The maximum atomic E-state index is 5.68. The Morgan fingerprint density at radius 1 is 0.963 bits per heavy atom. The second-order valence-corrected chi connectivity index (χ2v) is 6.11. The molecule has 0 aliphatic carbocycles. The van der Waals surface area contributed by atoms with E-state index in [1.165, 1.54) is 5.39 Å². The molecule has 0 aliphatic heterocycles. The van der Waals surface area contributed by atoms with Crippen molar-refractivity contribution in [2.45, 2.75) is 13.5 Å². The third-order valence-corrected chi connectivity index (χ3v) is 4.52. The average Bonchev–Trinajstić information content (AvgIpc) is 3.06. The van der Waals surface area contributed by atoms with Crippen molar-refractivity contribution in [3.8, 4) is 5.75 Å². The smallest absolute Gasteiger partial charge is 0.212 e. The van der Waals surface area contributed by atoms with E-state index in [9.17, 15) is 0 Å². The van der Waals surface area contributed by atoms with E-state index in [4.69, 9.17) is 18.9 Å². The van der Waals surface area contributed by atoms with E-state index < -0.39 is 0 Å². The summed E-state index contributed by atoms with van der Waals surface area (Å²) in [6.45, 7) is 5.86. The molecular formula is C20H27ClN2O4. The predicted molar refractivity (Wildman–Crippen MR) is 101 cm³/mol. The van der Waals surface area contributed by atoms with Crippen molar-refractivity contribution in [3.63, 3.8) is 0 Å². The van der Waals surface area contributed by atoms with E-state index in [1.54, 1.807) is 14.2 Å². The van der Waals surface area contributed by atoms with Crippen molar-refractivity contribution in [1.82, 2.24) is 4.98 Å². The summed E-state index contributed by atoms with van der Waals surface area (Å²) in [5.41, 5.74) is 3.39. The van der Waals surface area contributed by atoms with Crippen LogP contribution in [-0.4, -0.2) is 52.2 Å². The van der Waals surface area contributed by atoms with Gasteiger partial charge < -0.3 is 36.3 Å². The Bertz CT molecular complexity index is 866. The fourth-order valence-electron chi connectivity index (χ4n) is 3.13. The van der Waals surface area contributed by atoms with E-state index in [2.05, 4.69) is 34.8 Å². The van der Waals surface area contributed by atoms with Gasteiger partial charge in [-0.3, -0.25) is 0 Å². The second kappa shape index (κ2) is 10.5. The van der Waals surface area contributed by atoms with Crippen LogP contribution in [0.4, 0.5) is 0 Å². The molecule has 0 saturated carbocycles. The standard InChI is InChI=1S/C20H26N2O4.ClH/c1-15-20-19(16-6-4-5-7-17(16)21-20)18(24-3)14-22(15)8-9-25-12-13-26-11-10-23-2;/h4-7,14H,8-13H2,1-3H3;1H. The molecule has 0 bridgehead atoms. The number of para-hydroxylation sites is 1. The highest BCUT2D eigenvalue weighted by Crippen LogP contribution is 2.32. The van der Waals surface area contributed by atoms with Crippen molar-refractivity contribution < 1.29 is 35.9 Å². The van der Waals surface area contributed by atoms with Gasteiger partial charge in [-0.1, -0.05) is 18.2 Å². The van der Waals surface area contributed by atoms with Crippen LogP contribution in [0, 0.1) is 6.92 Å². The molecule has 1 N–H and O–H groups in total. The highest BCUT2D eigenvalue weighted by Gasteiger charge is 2.20. The molecule has 1 aromatic carbocycles. The third-order valence-electron chi connectivity index (χ3n) is 4.52. The number of aromatic amines is 1. The summed E-state index contributed by atoms with van der Waals surface area (Å²) < 4.78 is 23.8. The fraction of sp³-hybridized carbons (Fsp3) is 0.450. The van der Waals surface area contributed by atoms with E-state index in [-0.39, 0.29) is 12.4 Å². The Balaban J connectivity index is 0.00000261. The summed E-state index contributed by atoms with van der Waals surface area (Å²) in [7, 11) is 3.38. The first kappa shape index (κ1) is 21.4. The lowest BCUT2D eigenvalue weighted by Crippen LogP contribution is -3.00. The minimum Gasteiger partial charge on any atom is -1.00 e. The van der Waals surface area contributed by atoms with Gasteiger partial charge in [0.1, 0.15) is 12.1 Å². The molecule has 27 heavy (non-hydrogen) atoms. The largest absolute Gasteiger partial charge is 1.00 e. The van der Waals surface area contributed by atoms with Gasteiger partial charge in [-0.05, 0) is 6.07 Å². The van der Waals surface area contributed by atoms with Crippen molar-refractivity contribution in [2.24, 2.45) is 0 Å². The topological polar surface area (TPSA) is 56.6 Å². The Kier molecular flexibility index (Phi) is 8.31. The quantitative estimate of drug-likeness (QED) is 0.376. The summed E-state index contributed by atoms with van der Waals surface area (Å²) in [6.07, 6.45) is 2.05. The number of aromatic nitrogens is 2. The van der Waals surface area contributed by atoms with Crippen LogP contribution < -0.4 is 21.7 Å². The summed E-state index contributed by atoms with van der Waals surface area (Å²) >= 11 is 0. The van der Waals surface area contributed by atoms with Gasteiger partial charge in [0.2, 0.25) is 11.9 Å². The van der Waals surface area contributed by atoms with Crippen LogP contribution in [0.2, 0.25) is 0 Å². The summed E-state index contributed by atoms with van der Waals surface area (Å²) in [5.74, 6) is 0.867.